The van der Waals surface area contributed by atoms with E-state index in [-0.39, 0.29) is 18.1 Å². The van der Waals surface area contributed by atoms with Crippen molar-refractivity contribution in [2.75, 3.05) is 38.2 Å². The summed E-state index contributed by atoms with van der Waals surface area (Å²) in [6.07, 6.45) is 3.26. The molecule has 0 radical (unpaired) electrons. The van der Waals surface area contributed by atoms with Crippen LogP contribution in [0.15, 0.2) is 53.6 Å². The molecule has 1 amide bonds. The SMILES string of the molecule is COc1ccccc1N1CCN(C(=O)Cn2ncc3cccn3c2=O)CC1. The summed E-state index contributed by atoms with van der Waals surface area (Å²) in [6, 6.07) is 11.5. The summed E-state index contributed by atoms with van der Waals surface area (Å²) >= 11 is 0. The maximum atomic E-state index is 12.6. The number of ether oxygens (including phenoxy) is 1. The second-order valence-electron chi connectivity index (χ2n) is 6.43. The second kappa shape index (κ2) is 7.14. The lowest BCUT2D eigenvalue weighted by Gasteiger charge is -2.36. The van der Waals surface area contributed by atoms with E-state index in [2.05, 4.69) is 10.00 Å². The molecule has 3 heterocycles. The van der Waals surface area contributed by atoms with E-state index in [1.54, 1.807) is 36.5 Å². The van der Waals surface area contributed by atoms with Crippen molar-refractivity contribution >= 4 is 17.1 Å². The third kappa shape index (κ3) is 3.25. The first kappa shape index (κ1) is 17.1. The van der Waals surface area contributed by atoms with Crippen molar-refractivity contribution in [3.05, 3.63) is 59.3 Å². The van der Waals surface area contributed by atoms with Crippen molar-refractivity contribution in [1.82, 2.24) is 19.1 Å². The first-order chi connectivity index (χ1) is 13.2. The Labute approximate surface area is 156 Å². The van der Waals surface area contributed by atoms with Crippen LogP contribution < -0.4 is 15.3 Å². The zero-order valence-electron chi connectivity index (χ0n) is 15.1. The van der Waals surface area contributed by atoms with Crippen LogP contribution in [0.1, 0.15) is 0 Å². The summed E-state index contributed by atoms with van der Waals surface area (Å²) in [5.41, 5.74) is 1.44. The van der Waals surface area contributed by atoms with Crippen LogP contribution >= 0.6 is 0 Å². The molecule has 8 heteroatoms. The van der Waals surface area contributed by atoms with E-state index in [0.29, 0.717) is 31.7 Å². The van der Waals surface area contributed by atoms with Crippen LogP contribution in [-0.2, 0) is 11.3 Å². The molecule has 0 atom stereocenters. The molecule has 0 spiro atoms. The molecule has 0 aliphatic carbocycles. The highest BCUT2D eigenvalue weighted by atomic mass is 16.5. The topological polar surface area (TPSA) is 72.1 Å². The van der Waals surface area contributed by atoms with Gasteiger partial charge in [0.1, 0.15) is 12.3 Å². The fraction of sp³-hybridized carbons (Fsp3) is 0.316. The van der Waals surface area contributed by atoms with E-state index in [1.165, 1.54) is 9.08 Å². The number of fused-ring (bicyclic) bond motifs is 1. The fourth-order valence-electron chi connectivity index (χ4n) is 3.40. The number of rotatable bonds is 4. The van der Waals surface area contributed by atoms with Crippen LogP contribution in [0.2, 0.25) is 0 Å². The van der Waals surface area contributed by atoms with Crippen molar-refractivity contribution in [3.63, 3.8) is 0 Å². The number of carbonyl (C=O) groups excluding carboxylic acids is 1. The van der Waals surface area contributed by atoms with Crippen molar-refractivity contribution in [2.24, 2.45) is 0 Å². The average Bonchev–Trinajstić information content (AvgIpc) is 3.20. The molecule has 1 aliphatic heterocycles. The Kier molecular flexibility index (Phi) is 4.53. The normalized spacial score (nSPS) is 14.6. The zero-order valence-corrected chi connectivity index (χ0v) is 15.1. The molecular formula is C19H21N5O3. The molecule has 1 fully saturated rings. The molecule has 0 saturated carbocycles. The van der Waals surface area contributed by atoms with E-state index in [1.807, 2.05) is 24.3 Å². The average molecular weight is 367 g/mol. The molecule has 140 valence electrons. The number of hydrogen-bond acceptors (Lipinski definition) is 5. The molecule has 2 aromatic heterocycles. The Hall–Kier alpha value is -3.29. The standard InChI is InChI=1S/C19H21N5O3/c1-27-17-7-3-2-6-16(17)21-9-11-22(12-10-21)18(25)14-24-19(26)23-8-4-5-15(23)13-20-24/h2-8,13H,9-12,14H2,1H3. The van der Waals surface area contributed by atoms with Crippen LogP contribution in [-0.4, -0.2) is 58.3 Å². The zero-order chi connectivity index (χ0) is 18.8. The molecule has 27 heavy (non-hydrogen) atoms. The monoisotopic (exact) mass is 367 g/mol. The van der Waals surface area contributed by atoms with Crippen LogP contribution in [0.3, 0.4) is 0 Å². The van der Waals surface area contributed by atoms with Gasteiger partial charge in [-0.2, -0.15) is 5.10 Å². The van der Waals surface area contributed by atoms with Gasteiger partial charge in [-0.05, 0) is 24.3 Å². The van der Waals surface area contributed by atoms with Crippen LogP contribution in [0, 0.1) is 0 Å². The molecule has 0 bridgehead atoms. The molecular weight excluding hydrogens is 346 g/mol. The number of carbonyl (C=O) groups is 1. The van der Waals surface area contributed by atoms with Gasteiger partial charge in [-0.3, -0.25) is 9.20 Å². The van der Waals surface area contributed by atoms with Gasteiger partial charge in [0.05, 0.1) is 24.5 Å². The minimum atomic E-state index is -0.307. The highest BCUT2D eigenvalue weighted by Gasteiger charge is 2.23. The molecule has 3 aromatic rings. The van der Waals surface area contributed by atoms with E-state index in [4.69, 9.17) is 4.74 Å². The first-order valence-electron chi connectivity index (χ1n) is 8.86. The predicted molar refractivity (Wildman–Crippen MR) is 101 cm³/mol. The summed E-state index contributed by atoms with van der Waals surface area (Å²) < 4.78 is 8.12. The van der Waals surface area contributed by atoms with Crippen molar-refractivity contribution in [2.45, 2.75) is 6.54 Å². The van der Waals surface area contributed by atoms with Gasteiger partial charge in [0.25, 0.3) is 0 Å². The van der Waals surface area contributed by atoms with E-state index in [0.717, 1.165) is 11.4 Å². The molecule has 1 aliphatic rings. The molecule has 1 aromatic carbocycles. The maximum absolute atomic E-state index is 12.6. The van der Waals surface area contributed by atoms with Crippen molar-refractivity contribution < 1.29 is 9.53 Å². The summed E-state index contributed by atoms with van der Waals surface area (Å²) in [5.74, 6) is 0.726. The third-order valence-electron chi connectivity index (χ3n) is 4.88. The molecule has 0 unspecified atom stereocenters. The largest absolute Gasteiger partial charge is 0.495 e. The number of piperazine rings is 1. The molecule has 8 nitrogen and oxygen atoms in total. The Morgan fingerprint density at radius 1 is 1.11 bits per heavy atom. The number of para-hydroxylation sites is 2. The summed E-state index contributed by atoms with van der Waals surface area (Å²) in [6.45, 7) is 2.56. The smallest absolute Gasteiger partial charge is 0.349 e. The number of amides is 1. The highest BCUT2D eigenvalue weighted by Crippen LogP contribution is 2.28. The van der Waals surface area contributed by atoms with E-state index >= 15 is 0 Å². The lowest BCUT2D eigenvalue weighted by atomic mass is 10.2. The summed E-state index contributed by atoms with van der Waals surface area (Å²) in [7, 11) is 1.66. The van der Waals surface area contributed by atoms with Crippen molar-refractivity contribution in [1.29, 1.82) is 0 Å². The third-order valence-corrected chi connectivity index (χ3v) is 4.88. The lowest BCUT2D eigenvalue weighted by Crippen LogP contribution is -2.50. The maximum Gasteiger partial charge on any atom is 0.349 e. The highest BCUT2D eigenvalue weighted by molar-refractivity contribution is 5.76. The number of nitrogens with zero attached hydrogens (tertiary/aromatic N) is 5. The van der Waals surface area contributed by atoms with Crippen molar-refractivity contribution in [3.8, 4) is 5.75 Å². The molecule has 4 rings (SSSR count). The Morgan fingerprint density at radius 2 is 1.89 bits per heavy atom. The van der Waals surface area contributed by atoms with Crippen LogP contribution in [0.4, 0.5) is 5.69 Å². The second-order valence-corrected chi connectivity index (χ2v) is 6.43. The van der Waals surface area contributed by atoms with Gasteiger partial charge >= 0.3 is 5.69 Å². The number of aromatic nitrogens is 3. The lowest BCUT2D eigenvalue weighted by molar-refractivity contribution is -0.132. The first-order valence-corrected chi connectivity index (χ1v) is 8.86. The quantitative estimate of drug-likeness (QED) is 0.684. The number of anilines is 1. The van der Waals surface area contributed by atoms with E-state index < -0.39 is 0 Å². The number of benzene rings is 1. The minimum absolute atomic E-state index is 0.0540. The number of hydrogen-bond donors (Lipinski definition) is 0. The Morgan fingerprint density at radius 3 is 2.67 bits per heavy atom. The van der Waals surface area contributed by atoms with Gasteiger partial charge in [-0.15, -0.1) is 0 Å². The summed E-state index contributed by atoms with van der Waals surface area (Å²) in [4.78, 5) is 29.0. The van der Waals surface area contributed by atoms with Gasteiger partial charge in [-0.25, -0.2) is 9.48 Å². The van der Waals surface area contributed by atoms with Crippen LogP contribution in [0.5, 0.6) is 5.75 Å². The molecule has 1 saturated heterocycles. The van der Waals surface area contributed by atoms with E-state index in [9.17, 15) is 9.59 Å². The van der Waals surface area contributed by atoms with Gasteiger partial charge in [0.15, 0.2) is 0 Å². The van der Waals surface area contributed by atoms with Gasteiger partial charge in [0.2, 0.25) is 5.91 Å². The number of methoxy groups -OCH3 is 1. The fourth-order valence-corrected chi connectivity index (χ4v) is 3.40. The predicted octanol–water partition coefficient (Wildman–Crippen LogP) is 0.853. The molecule has 0 N–H and O–H groups in total. The van der Waals surface area contributed by atoms with Crippen LogP contribution in [0.25, 0.3) is 5.52 Å². The van der Waals surface area contributed by atoms with Gasteiger partial charge < -0.3 is 14.5 Å². The van der Waals surface area contributed by atoms with Gasteiger partial charge in [-0.1, -0.05) is 12.1 Å². The Balaban J connectivity index is 1.42. The van der Waals surface area contributed by atoms with Gasteiger partial charge in [0, 0.05) is 32.4 Å². The minimum Gasteiger partial charge on any atom is -0.495 e. The Bertz CT molecular complexity index is 1020. The summed E-state index contributed by atoms with van der Waals surface area (Å²) in [5, 5.41) is 4.11.